The van der Waals surface area contributed by atoms with Crippen LogP contribution in [0.1, 0.15) is 49.3 Å². The number of hydrogen-bond donors (Lipinski definition) is 2. The van der Waals surface area contributed by atoms with Crippen molar-refractivity contribution in [1.82, 2.24) is 0 Å². The topological polar surface area (TPSA) is 57.5 Å². The molecule has 3 atom stereocenters. The molecule has 3 saturated carbocycles. The number of phenolic OH excluding ortho intramolecular Hbond substituents is 2. The number of fused-ring (bicyclic) bond motifs is 2. The molecule has 0 amide bonds. The summed E-state index contributed by atoms with van der Waals surface area (Å²) in [4.78, 5) is 12.6. The summed E-state index contributed by atoms with van der Waals surface area (Å²) in [5.74, 6) is 2.94. The number of ketones is 1. The molecule has 2 bridgehead atoms. The van der Waals surface area contributed by atoms with E-state index in [2.05, 4.69) is 26.0 Å². The Morgan fingerprint density at radius 2 is 1.59 bits per heavy atom. The molecule has 3 aliphatic carbocycles. The molecule has 1 heterocycles. The Morgan fingerprint density at radius 3 is 2.14 bits per heavy atom. The van der Waals surface area contributed by atoms with Crippen molar-refractivity contribution in [1.29, 1.82) is 0 Å². The molecule has 2 N–H and O–H groups in total. The molecule has 152 valence electrons. The van der Waals surface area contributed by atoms with Crippen LogP contribution in [-0.4, -0.2) is 27.5 Å². The quantitative estimate of drug-likeness (QED) is 0.679. The highest BCUT2D eigenvalue weighted by molar-refractivity contribution is 8.20. The number of carbonyl (C=O) groups excluding carboxylic acids is 1. The second-order valence-corrected chi connectivity index (χ2v) is 12.0. The molecule has 6 rings (SSSR count). The minimum absolute atomic E-state index is 0.0556. The average Bonchev–Trinajstić information content (AvgIpc) is 3.18. The molecule has 1 saturated heterocycles. The second kappa shape index (κ2) is 6.71. The Labute approximate surface area is 180 Å². The first kappa shape index (κ1) is 19.4. The number of aromatic hydroxyl groups is 2. The van der Waals surface area contributed by atoms with Crippen LogP contribution in [0.15, 0.2) is 42.5 Å². The number of phenols is 2. The van der Waals surface area contributed by atoms with Crippen LogP contribution in [0.4, 0.5) is 0 Å². The molecule has 5 heteroatoms. The minimum atomic E-state index is -0.321. The highest BCUT2D eigenvalue weighted by Crippen LogP contribution is 2.65. The van der Waals surface area contributed by atoms with E-state index < -0.39 is 0 Å². The van der Waals surface area contributed by atoms with Gasteiger partial charge in [-0.05, 0) is 41.0 Å². The highest BCUT2D eigenvalue weighted by atomic mass is 32.2. The molecule has 4 aliphatic rings. The first-order valence-electron chi connectivity index (χ1n) is 10.3. The molecule has 0 radical (unpaired) electrons. The zero-order valence-electron chi connectivity index (χ0n) is 16.7. The molecular formula is C24H26O3S2. The number of rotatable bonds is 3. The summed E-state index contributed by atoms with van der Waals surface area (Å²) in [6.45, 7) is 4.29. The SMILES string of the molecule is CC1(C)C2CC1[C@H](c1c(O)cc(C3(c4ccccc4)SCCS3)cc1O)CC2=O. The number of Topliss-reactive ketones (excluding diaryl/α,β-unsaturated/α-hetero) is 1. The summed E-state index contributed by atoms with van der Waals surface area (Å²) in [5.41, 5.74) is 2.60. The lowest BCUT2D eigenvalue weighted by Gasteiger charge is -2.59. The van der Waals surface area contributed by atoms with Crippen LogP contribution in [0, 0.1) is 17.3 Å². The van der Waals surface area contributed by atoms with Crippen LogP contribution < -0.4 is 0 Å². The molecule has 2 aromatic carbocycles. The van der Waals surface area contributed by atoms with Gasteiger partial charge in [0.05, 0.1) is 0 Å². The highest BCUT2D eigenvalue weighted by Gasteiger charge is 2.59. The lowest BCUT2D eigenvalue weighted by atomic mass is 9.44. The Hall–Kier alpha value is -1.59. The van der Waals surface area contributed by atoms with Crippen molar-refractivity contribution in [2.24, 2.45) is 17.3 Å². The maximum Gasteiger partial charge on any atom is 0.137 e. The zero-order chi connectivity index (χ0) is 20.4. The van der Waals surface area contributed by atoms with Gasteiger partial charge in [0, 0.05) is 35.3 Å². The van der Waals surface area contributed by atoms with Gasteiger partial charge in [-0.25, -0.2) is 0 Å². The average molecular weight is 427 g/mol. The second-order valence-electron chi connectivity index (χ2n) is 9.10. The zero-order valence-corrected chi connectivity index (χ0v) is 18.4. The van der Waals surface area contributed by atoms with Crippen LogP contribution >= 0.6 is 23.5 Å². The van der Waals surface area contributed by atoms with Crippen molar-refractivity contribution in [3.8, 4) is 11.5 Å². The van der Waals surface area contributed by atoms with Gasteiger partial charge >= 0.3 is 0 Å². The molecule has 2 unspecified atom stereocenters. The Kier molecular flexibility index (Phi) is 4.48. The van der Waals surface area contributed by atoms with E-state index in [-0.39, 0.29) is 38.6 Å². The van der Waals surface area contributed by atoms with Crippen molar-refractivity contribution in [3.63, 3.8) is 0 Å². The van der Waals surface area contributed by atoms with E-state index in [1.165, 1.54) is 5.56 Å². The van der Waals surface area contributed by atoms with Crippen molar-refractivity contribution in [2.45, 2.75) is 36.7 Å². The summed E-state index contributed by atoms with van der Waals surface area (Å²) < 4.78 is -0.321. The van der Waals surface area contributed by atoms with E-state index in [1.807, 2.05) is 53.9 Å². The van der Waals surface area contributed by atoms with Gasteiger partial charge in [0.2, 0.25) is 0 Å². The van der Waals surface area contributed by atoms with Crippen LogP contribution in [0.25, 0.3) is 0 Å². The molecule has 0 aromatic heterocycles. The summed E-state index contributed by atoms with van der Waals surface area (Å²) in [6, 6.07) is 14.0. The van der Waals surface area contributed by atoms with E-state index in [9.17, 15) is 15.0 Å². The smallest absolute Gasteiger partial charge is 0.137 e. The van der Waals surface area contributed by atoms with Crippen LogP contribution in [0.2, 0.25) is 0 Å². The number of carbonyl (C=O) groups is 1. The van der Waals surface area contributed by atoms with Crippen molar-refractivity contribution in [2.75, 3.05) is 11.5 Å². The predicted octanol–water partition coefficient (Wildman–Crippen LogP) is 5.50. The largest absolute Gasteiger partial charge is 0.508 e. The van der Waals surface area contributed by atoms with E-state index in [0.29, 0.717) is 17.9 Å². The fourth-order valence-corrected chi connectivity index (χ4v) is 9.01. The van der Waals surface area contributed by atoms with E-state index in [4.69, 9.17) is 0 Å². The summed E-state index contributed by atoms with van der Waals surface area (Å²) in [5, 5.41) is 22.1. The Balaban J connectivity index is 1.58. The fourth-order valence-electron chi connectivity index (χ4n) is 5.76. The molecule has 29 heavy (non-hydrogen) atoms. The number of benzene rings is 2. The molecule has 3 nitrogen and oxygen atoms in total. The van der Waals surface area contributed by atoms with Crippen LogP contribution in [0.5, 0.6) is 11.5 Å². The molecule has 4 fully saturated rings. The molecule has 2 aromatic rings. The lowest BCUT2D eigenvalue weighted by Crippen LogP contribution is -2.56. The van der Waals surface area contributed by atoms with E-state index in [0.717, 1.165) is 23.5 Å². The number of hydrogen-bond acceptors (Lipinski definition) is 5. The van der Waals surface area contributed by atoms with Gasteiger partial charge in [-0.2, -0.15) is 0 Å². The standard InChI is InChI=1S/C24H26O3S2/c1-23(2)17-13-18(23)19(25)12-16(17)22-20(26)10-15(11-21(22)27)24(28-8-9-29-24)14-6-4-3-5-7-14/h3-7,10-11,16-18,26-27H,8-9,12-13H2,1-2H3/t16-,17?,18?/m1/s1. The number of thioether (sulfide) groups is 2. The van der Waals surface area contributed by atoms with Crippen LogP contribution in [0.3, 0.4) is 0 Å². The van der Waals surface area contributed by atoms with Crippen molar-refractivity contribution >= 4 is 29.3 Å². The lowest BCUT2D eigenvalue weighted by molar-refractivity contribution is -0.151. The normalized spacial score (nSPS) is 29.4. The van der Waals surface area contributed by atoms with Gasteiger partial charge in [0.1, 0.15) is 21.4 Å². The third-order valence-electron chi connectivity index (χ3n) is 7.37. The van der Waals surface area contributed by atoms with Gasteiger partial charge < -0.3 is 10.2 Å². The molecule has 0 spiro atoms. The van der Waals surface area contributed by atoms with Gasteiger partial charge in [-0.1, -0.05) is 44.2 Å². The Bertz CT molecular complexity index is 940. The third kappa shape index (κ3) is 2.77. The monoisotopic (exact) mass is 426 g/mol. The first-order chi connectivity index (χ1) is 13.8. The van der Waals surface area contributed by atoms with Gasteiger partial charge in [0.15, 0.2) is 0 Å². The predicted molar refractivity (Wildman–Crippen MR) is 120 cm³/mol. The van der Waals surface area contributed by atoms with Crippen molar-refractivity contribution < 1.29 is 15.0 Å². The minimum Gasteiger partial charge on any atom is -0.508 e. The van der Waals surface area contributed by atoms with Gasteiger partial charge in [0.25, 0.3) is 0 Å². The van der Waals surface area contributed by atoms with E-state index in [1.54, 1.807) is 0 Å². The first-order valence-corrected chi connectivity index (χ1v) is 12.2. The fraction of sp³-hybridized carbons (Fsp3) is 0.458. The molecule has 1 aliphatic heterocycles. The third-order valence-corrected chi connectivity index (χ3v) is 10.9. The summed E-state index contributed by atoms with van der Waals surface area (Å²) >= 11 is 3.70. The van der Waals surface area contributed by atoms with Crippen LogP contribution in [-0.2, 0) is 8.87 Å². The molecular weight excluding hydrogens is 400 g/mol. The van der Waals surface area contributed by atoms with Gasteiger partial charge in [-0.15, -0.1) is 23.5 Å². The maximum absolute atomic E-state index is 12.6. The summed E-state index contributed by atoms with van der Waals surface area (Å²) in [7, 11) is 0. The Morgan fingerprint density at radius 1 is 0.966 bits per heavy atom. The van der Waals surface area contributed by atoms with Crippen molar-refractivity contribution in [3.05, 3.63) is 59.2 Å². The van der Waals surface area contributed by atoms with Gasteiger partial charge in [-0.3, -0.25) is 4.79 Å². The summed E-state index contributed by atoms with van der Waals surface area (Å²) in [6.07, 6.45) is 1.29. The maximum atomic E-state index is 12.6. The van der Waals surface area contributed by atoms with E-state index >= 15 is 0 Å².